The van der Waals surface area contributed by atoms with Crippen LogP contribution in [0.4, 0.5) is 4.39 Å². The number of halogens is 1. The van der Waals surface area contributed by atoms with Crippen molar-refractivity contribution in [1.29, 1.82) is 0 Å². The molecule has 0 radical (unpaired) electrons. The highest BCUT2D eigenvalue weighted by Crippen LogP contribution is 2.20. The fourth-order valence-corrected chi connectivity index (χ4v) is 3.28. The van der Waals surface area contributed by atoms with Gasteiger partial charge in [-0.25, -0.2) is 9.22 Å². The first-order valence-corrected chi connectivity index (χ1v) is 9.79. The molecule has 0 atom stereocenters. The standard InChI is InChI=1S/C19H19FN4O2S/c1-13(2)14-5-9-18(10-6-14)27(25,26)24-22-12-16-11-21-23-19(16)15-3-7-17(20)8-4-15/h3-13,24H,1-2H3,(H,21,23)/b22-12-. The molecule has 0 fully saturated rings. The number of aromatic amines is 1. The Labute approximate surface area is 157 Å². The van der Waals surface area contributed by atoms with Crippen LogP contribution >= 0.6 is 0 Å². The smallest absolute Gasteiger partial charge is 0.276 e. The van der Waals surface area contributed by atoms with Crippen LogP contribution in [-0.2, 0) is 10.0 Å². The zero-order valence-corrected chi connectivity index (χ0v) is 15.7. The van der Waals surface area contributed by atoms with E-state index in [-0.39, 0.29) is 10.7 Å². The highest BCUT2D eigenvalue weighted by atomic mass is 32.2. The molecule has 0 aliphatic carbocycles. The van der Waals surface area contributed by atoms with Crippen molar-refractivity contribution in [2.24, 2.45) is 5.10 Å². The number of hydrogen-bond donors (Lipinski definition) is 2. The summed E-state index contributed by atoms with van der Waals surface area (Å²) < 4.78 is 37.8. The van der Waals surface area contributed by atoms with Gasteiger partial charge in [0.05, 0.1) is 23.0 Å². The molecule has 0 amide bonds. The molecule has 27 heavy (non-hydrogen) atoms. The topological polar surface area (TPSA) is 87.2 Å². The zero-order valence-electron chi connectivity index (χ0n) is 14.8. The highest BCUT2D eigenvalue weighted by molar-refractivity contribution is 7.89. The summed E-state index contributed by atoms with van der Waals surface area (Å²) in [6.07, 6.45) is 2.86. The molecule has 1 heterocycles. The number of H-pyrrole nitrogens is 1. The van der Waals surface area contributed by atoms with Gasteiger partial charge in [-0.3, -0.25) is 5.10 Å². The van der Waals surface area contributed by atoms with E-state index >= 15 is 0 Å². The van der Waals surface area contributed by atoms with Gasteiger partial charge in [0, 0.05) is 11.1 Å². The highest BCUT2D eigenvalue weighted by Gasteiger charge is 2.13. The largest absolute Gasteiger partial charge is 0.277 e. The van der Waals surface area contributed by atoms with Gasteiger partial charge in [-0.2, -0.15) is 18.6 Å². The lowest BCUT2D eigenvalue weighted by molar-refractivity contribution is 0.584. The third-order valence-corrected chi connectivity index (χ3v) is 5.27. The van der Waals surface area contributed by atoms with E-state index in [9.17, 15) is 12.8 Å². The molecule has 0 spiro atoms. The lowest BCUT2D eigenvalue weighted by Gasteiger charge is -2.07. The second kappa shape index (κ2) is 7.71. The van der Waals surface area contributed by atoms with Crippen LogP contribution in [-0.4, -0.2) is 24.8 Å². The fraction of sp³-hybridized carbons (Fsp3) is 0.158. The van der Waals surface area contributed by atoms with Crippen molar-refractivity contribution < 1.29 is 12.8 Å². The lowest BCUT2D eigenvalue weighted by Crippen LogP contribution is -2.18. The van der Waals surface area contributed by atoms with Gasteiger partial charge in [0.1, 0.15) is 5.82 Å². The molecule has 2 aromatic carbocycles. The summed E-state index contributed by atoms with van der Waals surface area (Å²) in [5.74, 6) is -0.0246. The second-order valence-corrected chi connectivity index (χ2v) is 7.94. The molecule has 0 bridgehead atoms. The van der Waals surface area contributed by atoms with Crippen molar-refractivity contribution in [2.45, 2.75) is 24.7 Å². The molecule has 8 heteroatoms. The number of hydrogen-bond acceptors (Lipinski definition) is 4. The lowest BCUT2D eigenvalue weighted by atomic mass is 10.0. The summed E-state index contributed by atoms with van der Waals surface area (Å²) in [4.78, 5) is 2.32. The Morgan fingerprint density at radius 3 is 2.41 bits per heavy atom. The van der Waals surface area contributed by atoms with Gasteiger partial charge in [-0.15, -0.1) is 0 Å². The van der Waals surface area contributed by atoms with Gasteiger partial charge >= 0.3 is 0 Å². The number of nitrogens with zero attached hydrogens (tertiary/aromatic N) is 2. The van der Waals surface area contributed by atoms with E-state index in [1.165, 1.54) is 24.5 Å². The Hall–Kier alpha value is -3.00. The number of aromatic nitrogens is 2. The predicted octanol–water partition coefficient (Wildman–Crippen LogP) is 3.65. The average Bonchev–Trinajstić information content (AvgIpc) is 3.11. The van der Waals surface area contributed by atoms with Gasteiger partial charge in [0.2, 0.25) is 0 Å². The molecule has 0 aliphatic rings. The Morgan fingerprint density at radius 2 is 1.78 bits per heavy atom. The fourth-order valence-electron chi connectivity index (χ4n) is 2.49. The molecule has 2 N–H and O–H groups in total. The van der Waals surface area contributed by atoms with Crippen molar-refractivity contribution in [1.82, 2.24) is 15.0 Å². The van der Waals surface area contributed by atoms with Crippen LogP contribution in [0.3, 0.4) is 0 Å². The normalized spacial score (nSPS) is 12.0. The van der Waals surface area contributed by atoms with Crippen LogP contribution in [0, 0.1) is 5.82 Å². The maximum absolute atomic E-state index is 13.1. The minimum Gasteiger partial charge on any atom is -0.277 e. The van der Waals surface area contributed by atoms with Gasteiger partial charge in [0.25, 0.3) is 10.0 Å². The Balaban J connectivity index is 1.75. The monoisotopic (exact) mass is 386 g/mol. The first kappa shape index (κ1) is 18.8. The van der Waals surface area contributed by atoms with Crippen LogP contribution in [0.1, 0.15) is 30.9 Å². The number of nitrogens with one attached hydrogen (secondary N) is 2. The maximum atomic E-state index is 13.1. The summed E-state index contributed by atoms with van der Waals surface area (Å²) in [7, 11) is -3.77. The molecule has 0 saturated carbocycles. The molecule has 140 valence electrons. The number of rotatable bonds is 6. The van der Waals surface area contributed by atoms with E-state index in [0.717, 1.165) is 5.56 Å². The maximum Gasteiger partial charge on any atom is 0.276 e. The zero-order chi connectivity index (χ0) is 19.4. The third-order valence-electron chi connectivity index (χ3n) is 4.04. The van der Waals surface area contributed by atoms with E-state index in [2.05, 4.69) is 20.1 Å². The van der Waals surface area contributed by atoms with E-state index in [1.807, 2.05) is 13.8 Å². The molecule has 3 rings (SSSR count). The van der Waals surface area contributed by atoms with Crippen molar-refractivity contribution in [3.8, 4) is 11.3 Å². The van der Waals surface area contributed by atoms with Crippen molar-refractivity contribution in [3.05, 3.63) is 71.7 Å². The Morgan fingerprint density at radius 1 is 1.11 bits per heavy atom. The average molecular weight is 386 g/mol. The number of sulfonamides is 1. The molecule has 3 aromatic rings. The van der Waals surface area contributed by atoms with Crippen molar-refractivity contribution >= 4 is 16.2 Å². The molecule has 0 saturated heterocycles. The van der Waals surface area contributed by atoms with Gasteiger partial charge in [-0.05, 0) is 47.9 Å². The molecule has 0 aliphatic heterocycles. The number of hydrazone groups is 1. The SMILES string of the molecule is CC(C)c1ccc(S(=O)(=O)N/N=C\c2cn[nH]c2-c2ccc(F)cc2)cc1. The summed E-state index contributed by atoms with van der Waals surface area (Å²) in [6.45, 7) is 4.07. The van der Waals surface area contributed by atoms with Gasteiger partial charge in [0.15, 0.2) is 0 Å². The number of benzene rings is 2. The third kappa shape index (κ3) is 4.40. The van der Waals surface area contributed by atoms with E-state index < -0.39 is 10.0 Å². The summed E-state index contributed by atoms with van der Waals surface area (Å²) in [5.41, 5.74) is 2.95. The molecule has 0 unspecified atom stereocenters. The van der Waals surface area contributed by atoms with E-state index in [0.29, 0.717) is 22.7 Å². The van der Waals surface area contributed by atoms with Gasteiger partial charge < -0.3 is 0 Å². The van der Waals surface area contributed by atoms with Gasteiger partial charge in [-0.1, -0.05) is 26.0 Å². The predicted molar refractivity (Wildman–Crippen MR) is 102 cm³/mol. The van der Waals surface area contributed by atoms with Crippen LogP contribution in [0.25, 0.3) is 11.3 Å². The minimum absolute atomic E-state index is 0.134. The minimum atomic E-state index is -3.77. The Bertz CT molecular complexity index is 1040. The first-order chi connectivity index (χ1) is 12.9. The Kier molecular flexibility index (Phi) is 5.36. The van der Waals surface area contributed by atoms with Crippen LogP contribution in [0.5, 0.6) is 0 Å². The van der Waals surface area contributed by atoms with E-state index in [1.54, 1.807) is 36.4 Å². The van der Waals surface area contributed by atoms with Crippen LogP contribution in [0.2, 0.25) is 0 Å². The summed E-state index contributed by atoms with van der Waals surface area (Å²) in [6, 6.07) is 12.5. The summed E-state index contributed by atoms with van der Waals surface area (Å²) in [5, 5.41) is 10.6. The molecule has 1 aromatic heterocycles. The molecule has 6 nitrogen and oxygen atoms in total. The second-order valence-electron chi connectivity index (χ2n) is 6.28. The molecular weight excluding hydrogens is 367 g/mol. The first-order valence-electron chi connectivity index (χ1n) is 8.31. The van der Waals surface area contributed by atoms with Crippen LogP contribution in [0.15, 0.2) is 64.7 Å². The van der Waals surface area contributed by atoms with Crippen molar-refractivity contribution in [3.63, 3.8) is 0 Å². The van der Waals surface area contributed by atoms with Crippen LogP contribution < -0.4 is 4.83 Å². The van der Waals surface area contributed by atoms with Crippen molar-refractivity contribution in [2.75, 3.05) is 0 Å². The molecular formula is C19H19FN4O2S. The quantitative estimate of drug-likeness (QED) is 0.501. The summed E-state index contributed by atoms with van der Waals surface area (Å²) >= 11 is 0. The van der Waals surface area contributed by atoms with E-state index in [4.69, 9.17) is 0 Å².